The Bertz CT molecular complexity index is 879. The van der Waals surface area contributed by atoms with Crippen LogP contribution in [0, 0.1) is 0 Å². The van der Waals surface area contributed by atoms with Crippen molar-refractivity contribution in [3.8, 4) is 5.75 Å². The van der Waals surface area contributed by atoms with Gasteiger partial charge in [-0.1, -0.05) is 55.5 Å². The molecule has 2 aromatic rings. The highest BCUT2D eigenvalue weighted by molar-refractivity contribution is 14.0. The van der Waals surface area contributed by atoms with Gasteiger partial charge < -0.3 is 19.7 Å². The largest absolute Gasteiger partial charge is 0.496 e. The van der Waals surface area contributed by atoms with Crippen LogP contribution in [0.2, 0.25) is 0 Å². The fourth-order valence-corrected chi connectivity index (χ4v) is 4.71. The predicted octanol–water partition coefficient (Wildman–Crippen LogP) is 3.58. The van der Waals surface area contributed by atoms with E-state index in [4.69, 9.17) is 9.47 Å². The maximum Gasteiger partial charge on any atom is 0.193 e. The van der Waals surface area contributed by atoms with Crippen LogP contribution in [0.3, 0.4) is 0 Å². The molecule has 3 atom stereocenters. The van der Waals surface area contributed by atoms with Gasteiger partial charge in [-0.15, -0.1) is 24.0 Å². The van der Waals surface area contributed by atoms with Crippen LogP contribution in [0.25, 0.3) is 0 Å². The van der Waals surface area contributed by atoms with E-state index in [-0.39, 0.29) is 30.1 Å². The lowest BCUT2D eigenvalue weighted by Gasteiger charge is -2.36. The number of halogens is 1. The number of rotatable bonds is 6. The van der Waals surface area contributed by atoms with E-state index in [2.05, 4.69) is 69.5 Å². The lowest BCUT2D eigenvalue weighted by molar-refractivity contribution is -0.0502. The van der Waals surface area contributed by atoms with Crippen molar-refractivity contribution in [2.24, 2.45) is 4.99 Å². The lowest BCUT2D eigenvalue weighted by Crippen LogP contribution is -2.50. The van der Waals surface area contributed by atoms with Gasteiger partial charge in [0.2, 0.25) is 0 Å². The van der Waals surface area contributed by atoms with Gasteiger partial charge in [0, 0.05) is 45.7 Å². The first kappa shape index (κ1) is 24.8. The molecule has 2 saturated heterocycles. The number of benzene rings is 2. The van der Waals surface area contributed by atoms with Crippen molar-refractivity contribution in [1.29, 1.82) is 0 Å². The van der Waals surface area contributed by atoms with Crippen molar-refractivity contribution in [3.05, 3.63) is 65.7 Å². The zero-order valence-corrected chi connectivity index (χ0v) is 21.6. The van der Waals surface area contributed by atoms with E-state index >= 15 is 0 Å². The smallest absolute Gasteiger partial charge is 0.193 e. The van der Waals surface area contributed by atoms with Crippen molar-refractivity contribution in [2.45, 2.75) is 31.5 Å². The highest BCUT2D eigenvalue weighted by atomic mass is 127. The number of morpholine rings is 1. The summed E-state index contributed by atoms with van der Waals surface area (Å²) in [4.78, 5) is 9.48. The Balaban J connectivity index is 0.00000289. The molecule has 0 aromatic heterocycles. The molecule has 0 saturated carbocycles. The number of hydrogen-bond donors (Lipinski definition) is 1. The summed E-state index contributed by atoms with van der Waals surface area (Å²) in [6.07, 6.45) is 0.225. The Labute approximate surface area is 209 Å². The number of guanidine groups is 1. The highest BCUT2D eigenvalue weighted by Crippen LogP contribution is 2.27. The maximum absolute atomic E-state index is 6.14. The molecule has 0 spiro atoms. The highest BCUT2D eigenvalue weighted by Gasteiger charge is 2.41. The van der Waals surface area contributed by atoms with Crippen molar-refractivity contribution in [3.63, 3.8) is 0 Å². The van der Waals surface area contributed by atoms with E-state index in [9.17, 15) is 0 Å². The summed E-state index contributed by atoms with van der Waals surface area (Å²) in [5.74, 6) is 2.19. The molecule has 174 valence electrons. The fraction of sp³-hybridized carbons (Fsp3) is 0.480. The van der Waals surface area contributed by atoms with E-state index in [1.54, 1.807) is 7.11 Å². The number of likely N-dealkylation sites (tertiary alicyclic amines) is 1. The fourth-order valence-electron chi connectivity index (χ4n) is 4.71. The van der Waals surface area contributed by atoms with Crippen LogP contribution in [0.1, 0.15) is 24.0 Å². The number of aliphatic imine (C=N–C) groups is 1. The molecule has 4 rings (SSSR count). The van der Waals surface area contributed by atoms with Crippen molar-refractivity contribution >= 4 is 29.9 Å². The van der Waals surface area contributed by atoms with Gasteiger partial charge in [-0.2, -0.15) is 0 Å². The zero-order chi connectivity index (χ0) is 21.6. The average molecular weight is 550 g/mol. The van der Waals surface area contributed by atoms with Gasteiger partial charge >= 0.3 is 0 Å². The molecule has 1 N–H and O–H groups in total. The van der Waals surface area contributed by atoms with Crippen LogP contribution in [0.5, 0.6) is 5.75 Å². The van der Waals surface area contributed by atoms with Crippen molar-refractivity contribution < 1.29 is 9.47 Å². The molecular formula is C25H35IN4O2. The van der Waals surface area contributed by atoms with Gasteiger partial charge in [-0.3, -0.25) is 9.89 Å². The minimum absolute atomic E-state index is 0. The Morgan fingerprint density at radius 1 is 1.16 bits per heavy atom. The third-order valence-electron chi connectivity index (χ3n) is 6.39. The molecule has 3 unspecified atom stereocenters. The third kappa shape index (κ3) is 5.74. The molecule has 0 bridgehead atoms. The molecule has 7 heteroatoms. The maximum atomic E-state index is 6.14. The second kappa shape index (κ2) is 11.9. The van der Waals surface area contributed by atoms with Crippen molar-refractivity contribution in [2.75, 3.05) is 46.9 Å². The number of methoxy groups -OCH3 is 1. The van der Waals surface area contributed by atoms with E-state index in [1.807, 2.05) is 19.2 Å². The first-order valence-electron chi connectivity index (χ1n) is 11.2. The van der Waals surface area contributed by atoms with E-state index in [1.165, 1.54) is 11.1 Å². The number of ether oxygens (including phenoxy) is 2. The quantitative estimate of drug-likeness (QED) is 0.339. The van der Waals surface area contributed by atoms with Gasteiger partial charge in [-0.25, -0.2) is 0 Å². The number of para-hydroxylation sites is 1. The summed E-state index contributed by atoms with van der Waals surface area (Å²) in [6, 6.07) is 19.3. The minimum atomic E-state index is 0. The topological polar surface area (TPSA) is 49.3 Å². The van der Waals surface area contributed by atoms with Gasteiger partial charge in [0.05, 0.1) is 25.9 Å². The summed E-state index contributed by atoms with van der Waals surface area (Å²) in [5, 5.41) is 3.58. The molecule has 6 nitrogen and oxygen atoms in total. The Kier molecular flexibility index (Phi) is 9.19. The Morgan fingerprint density at radius 2 is 1.91 bits per heavy atom. The first-order chi connectivity index (χ1) is 15.2. The SMILES string of the molecule is CN=C(NCC(C)c1ccccc1OC)N1CC2OCCN(Cc3ccccc3)C2C1.I. The second-order valence-corrected chi connectivity index (χ2v) is 8.41. The molecule has 0 radical (unpaired) electrons. The zero-order valence-electron chi connectivity index (χ0n) is 19.2. The molecule has 32 heavy (non-hydrogen) atoms. The standard InChI is InChI=1S/C25H34N4O2.HI/c1-19(21-11-7-8-12-23(21)30-3)15-27-25(26-2)29-17-22-24(18-29)31-14-13-28(22)16-20-9-5-4-6-10-20;/h4-12,19,22,24H,13-18H2,1-3H3,(H,26,27);1H. The first-order valence-corrected chi connectivity index (χ1v) is 11.2. The van der Waals surface area contributed by atoms with Crippen LogP contribution >= 0.6 is 24.0 Å². The Hall–Kier alpha value is -1.84. The summed E-state index contributed by atoms with van der Waals surface area (Å²) in [6.45, 7) is 7.55. The molecule has 2 heterocycles. The summed E-state index contributed by atoms with van der Waals surface area (Å²) >= 11 is 0. The molecule has 2 aliphatic heterocycles. The second-order valence-electron chi connectivity index (χ2n) is 8.41. The molecule has 2 aliphatic rings. The van der Waals surface area contributed by atoms with Crippen LogP contribution in [-0.4, -0.2) is 74.8 Å². The summed E-state index contributed by atoms with van der Waals surface area (Å²) in [5.41, 5.74) is 2.56. The van der Waals surface area contributed by atoms with E-state index < -0.39 is 0 Å². The number of nitrogens with one attached hydrogen (secondary N) is 1. The Morgan fingerprint density at radius 3 is 2.66 bits per heavy atom. The van der Waals surface area contributed by atoms with Crippen LogP contribution < -0.4 is 10.1 Å². The summed E-state index contributed by atoms with van der Waals surface area (Å²) in [7, 11) is 3.59. The third-order valence-corrected chi connectivity index (χ3v) is 6.39. The van der Waals surface area contributed by atoms with E-state index in [0.717, 1.165) is 51.0 Å². The monoisotopic (exact) mass is 550 g/mol. The van der Waals surface area contributed by atoms with Gasteiger partial charge in [0.15, 0.2) is 5.96 Å². The van der Waals surface area contributed by atoms with Crippen LogP contribution in [-0.2, 0) is 11.3 Å². The molecular weight excluding hydrogens is 515 g/mol. The van der Waals surface area contributed by atoms with Gasteiger partial charge in [-0.05, 0) is 17.2 Å². The van der Waals surface area contributed by atoms with E-state index in [0.29, 0.717) is 12.0 Å². The number of fused-ring (bicyclic) bond motifs is 1. The molecule has 2 fully saturated rings. The van der Waals surface area contributed by atoms with Gasteiger partial charge in [0.1, 0.15) is 5.75 Å². The lowest BCUT2D eigenvalue weighted by atomic mass is 10.0. The molecule has 2 aromatic carbocycles. The van der Waals surface area contributed by atoms with Crippen LogP contribution in [0.4, 0.5) is 0 Å². The van der Waals surface area contributed by atoms with Gasteiger partial charge in [0.25, 0.3) is 0 Å². The molecule has 0 aliphatic carbocycles. The van der Waals surface area contributed by atoms with Crippen LogP contribution in [0.15, 0.2) is 59.6 Å². The average Bonchev–Trinajstić information content (AvgIpc) is 3.25. The summed E-state index contributed by atoms with van der Waals surface area (Å²) < 4.78 is 11.7. The predicted molar refractivity (Wildman–Crippen MR) is 140 cm³/mol. The van der Waals surface area contributed by atoms with Crippen molar-refractivity contribution in [1.82, 2.24) is 15.1 Å². The normalized spacial score (nSPS) is 22.1. The molecule has 0 amide bonds. The number of nitrogens with zero attached hydrogens (tertiary/aromatic N) is 3. The number of hydrogen-bond acceptors (Lipinski definition) is 4. The minimum Gasteiger partial charge on any atom is -0.496 e.